The van der Waals surface area contributed by atoms with Crippen LogP contribution in [-0.2, 0) is 11.0 Å². The molecule has 2 aromatic rings. The number of halogens is 3. The normalized spacial score (nSPS) is 15.0. The second-order valence-corrected chi connectivity index (χ2v) is 7.87. The summed E-state index contributed by atoms with van der Waals surface area (Å²) in [5.41, 5.74) is -0.105. The number of hydrogen-bond acceptors (Lipinski definition) is 3. The highest BCUT2D eigenvalue weighted by Crippen LogP contribution is 2.30. The molecule has 2 N–H and O–H groups in total. The van der Waals surface area contributed by atoms with Crippen molar-refractivity contribution in [2.45, 2.75) is 44.3 Å². The number of hydrogen-bond donors (Lipinski definition) is 2. The van der Waals surface area contributed by atoms with Crippen LogP contribution in [0.3, 0.4) is 0 Å². The van der Waals surface area contributed by atoms with Gasteiger partial charge in [-0.25, -0.2) is 0 Å². The molecule has 0 bridgehead atoms. The predicted molar refractivity (Wildman–Crippen MR) is 114 cm³/mol. The lowest BCUT2D eigenvalue weighted by atomic mass is 9.94. The fourth-order valence-electron chi connectivity index (χ4n) is 3.79. The quantitative estimate of drug-likeness (QED) is 0.662. The molecule has 2 aromatic carbocycles. The first-order valence-corrected chi connectivity index (χ1v) is 10.3. The van der Waals surface area contributed by atoms with Gasteiger partial charge < -0.3 is 10.6 Å². The van der Waals surface area contributed by atoms with Crippen molar-refractivity contribution in [3.63, 3.8) is 0 Å². The first-order chi connectivity index (χ1) is 14.7. The van der Waals surface area contributed by atoms with Crippen LogP contribution in [0, 0.1) is 0 Å². The van der Waals surface area contributed by atoms with E-state index in [1.807, 2.05) is 7.05 Å². The largest absolute Gasteiger partial charge is 0.416 e. The molecule has 1 fully saturated rings. The van der Waals surface area contributed by atoms with Crippen molar-refractivity contribution >= 4 is 23.2 Å². The molecule has 1 aliphatic carbocycles. The average molecular weight is 433 g/mol. The average Bonchev–Trinajstić information content (AvgIpc) is 2.74. The zero-order valence-corrected chi connectivity index (χ0v) is 17.3. The van der Waals surface area contributed by atoms with Crippen molar-refractivity contribution in [1.29, 1.82) is 0 Å². The van der Waals surface area contributed by atoms with E-state index in [0.29, 0.717) is 11.7 Å². The van der Waals surface area contributed by atoms with Crippen LogP contribution in [-0.4, -0.2) is 36.3 Å². The zero-order valence-electron chi connectivity index (χ0n) is 17.3. The predicted octanol–water partition coefficient (Wildman–Crippen LogP) is 5.16. The van der Waals surface area contributed by atoms with Gasteiger partial charge in [-0.3, -0.25) is 14.5 Å². The third-order valence-electron chi connectivity index (χ3n) is 5.45. The molecule has 0 atom stereocenters. The fourth-order valence-corrected chi connectivity index (χ4v) is 3.79. The summed E-state index contributed by atoms with van der Waals surface area (Å²) in [6.07, 6.45) is 1.30. The van der Waals surface area contributed by atoms with Crippen LogP contribution in [0.2, 0.25) is 0 Å². The van der Waals surface area contributed by atoms with Gasteiger partial charge in [0.1, 0.15) is 0 Å². The van der Waals surface area contributed by atoms with Gasteiger partial charge in [-0.2, -0.15) is 13.2 Å². The SMILES string of the molecule is CN(CC(=O)Nc1cccc(C(=O)Nc2cccc(C(F)(F)F)c2)c1)C1CCCCC1. The fraction of sp³-hybridized carbons (Fsp3) is 0.391. The molecule has 0 spiro atoms. The molecule has 8 heteroatoms. The first-order valence-electron chi connectivity index (χ1n) is 10.3. The molecule has 0 unspecified atom stereocenters. The van der Waals surface area contributed by atoms with Crippen molar-refractivity contribution < 1.29 is 22.8 Å². The highest BCUT2D eigenvalue weighted by atomic mass is 19.4. The highest BCUT2D eigenvalue weighted by molar-refractivity contribution is 6.05. The molecule has 0 heterocycles. The summed E-state index contributed by atoms with van der Waals surface area (Å²) in [4.78, 5) is 26.9. The van der Waals surface area contributed by atoms with Crippen molar-refractivity contribution in [2.75, 3.05) is 24.2 Å². The van der Waals surface area contributed by atoms with Crippen molar-refractivity contribution in [2.24, 2.45) is 0 Å². The Morgan fingerprint density at radius 2 is 1.61 bits per heavy atom. The number of benzene rings is 2. The third-order valence-corrected chi connectivity index (χ3v) is 5.45. The second kappa shape index (κ2) is 9.96. The molecule has 31 heavy (non-hydrogen) atoms. The smallest absolute Gasteiger partial charge is 0.325 e. The van der Waals surface area contributed by atoms with Gasteiger partial charge in [0.05, 0.1) is 12.1 Å². The summed E-state index contributed by atoms with van der Waals surface area (Å²) < 4.78 is 38.6. The summed E-state index contributed by atoms with van der Waals surface area (Å²) >= 11 is 0. The van der Waals surface area contributed by atoms with Gasteiger partial charge >= 0.3 is 6.18 Å². The van der Waals surface area contributed by atoms with Gasteiger partial charge in [-0.05, 0) is 56.3 Å². The van der Waals surface area contributed by atoms with Crippen molar-refractivity contribution in [3.05, 3.63) is 59.7 Å². The van der Waals surface area contributed by atoms with Crippen LogP contribution in [0.1, 0.15) is 48.0 Å². The number of nitrogens with one attached hydrogen (secondary N) is 2. The Morgan fingerprint density at radius 3 is 2.29 bits per heavy atom. The van der Waals surface area contributed by atoms with Gasteiger partial charge in [0.2, 0.25) is 5.91 Å². The summed E-state index contributed by atoms with van der Waals surface area (Å²) in [6, 6.07) is 11.2. The van der Waals surface area contributed by atoms with Crippen LogP contribution in [0.25, 0.3) is 0 Å². The summed E-state index contributed by atoms with van der Waals surface area (Å²) in [5.74, 6) is -0.738. The van der Waals surface area contributed by atoms with E-state index >= 15 is 0 Å². The molecule has 0 aromatic heterocycles. The van der Waals surface area contributed by atoms with Crippen molar-refractivity contribution in [3.8, 4) is 0 Å². The number of amides is 2. The molecule has 1 saturated carbocycles. The summed E-state index contributed by atoms with van der Waals surface area (Å²) in [5, 5.41) is 5.26. The third kappa shape index (κ3) is 6.55. The van der Waals surface area contributed by atoms with Crippen LogP contribution in [0.15, 0.2) is 48.5 Å². The lowest BCUT2D eigenvalue weighted by Crippen LogP contribution is -2.39. The van der Waals surface area contributed by atoms with E-state index in [9.17, 15) is 22.8 Å². The van der Waals surface area contributed by atoms with Crippen LogP contribution < -0.4 is 10.6 Å². The van der Waals surface area contributed by atoms with Gasteiger partial charge in [-0.15, -0.1) is 0 Å². The van der Waals surface area contributed by atoms with E-state index in [1.165, 1.54) is 43.5 Å². The highest BCUT2D eigenvalue weighted by Gasteiger charge is 2.30. The van der Waals surface area contributed by atoms with Crippen LogP contribution in [0.5, 0.6) is 0 Å². The minimum atomic E-state index is -4.49. The molecule has 5 nitrogen and oxygen atoms in total. The maximum absolute atomic E-state index is 12.9. The maximum atomic E-state index is 12.9. The molecule has 0 radical (unpaired) electrons. The molecular weight excluding hydrogens is 407 g/mol. The molecule has 3 rings (SSSR count). The van der Waals surface area contributed by atoms with Crippen LogP contribution in [0.4, 0.5) is 24.5 Å². The van der Waals surface area contributed by atoms with E-state index in [1.54, 1.807) is 12.1 Å². The van der Waals surface area contributed by atoms with Gasteiger partial charge in [0.15, 0.2) is 0 Å². The summed E-state index contributed by atoms with van der Waals surface area (Å²) in [7, 11) is 1.94. The van der Waals surface area contributed by atoms with E-state index in [-0.39, 0.29) is 23.7 Å². The zero-order chi connectivity index (χ0) is 22.4. The monoisotopic (exact) mass is 433 g/mol. The Morgan fingerprint density at radius 1 is 0.968 bits per heavy atom. The van der Waals surface area contributed by atoms with Gasteiger partial charge in [0, 0.05) is 23.0 Å². The number of carbonyl (C=O) groups is 2. The van der Waals surface area contributed by atoms with Gasteiger partial charge in [0.25, 0.3) is 5.91 Å². The number of anilines is 2. The van der Waals surface area contributed by atoms with E-state index in [0.717, 1.165) is 25.0 Å². The van der Waals surface area contributed by atoms with E-state index < -0.39 is 17.6 Å². The molecule has 2 amide bonds. The number of rotatable bonds is 6. The number of carbonyl (C=O) groups excluding carboxylic acids is 2. The molecule has 0 saturated heterocycles. The Hall–Kier alpha value is -2.87. The minimum absolute atomic E-state index is 0.0448. The standard InChI is InChI=1S/C23H26F3N3O2/c1-29(20-11-3-2-4-12-20)15-21(30)27-18-9-5-7-16(13-18)22(31)28-19-10-6-8-17(14-19)23(24,25)26/h5-10,13-14,20H,2-4,11-12,15H2,1H3,(H,27,30)(H,28,31). The molecule has 1 aliphatic rings. The van der Waals surface area contributed by atoms with E-state index in [4.69, 9.17) is 0 Å². The Bertz CT molecular complexity index is 924. The molecule has 166 valence electrons. The minimum Gasteiger partial charge on any atom is -0.325 e. The Kier molecular flexibility index (Phi) is 7.33. The van der Waals surface area contributed by atoms with E-state index in [2.05, 4.69) is 15.5 Å². The lowest BCUT2D eigenvalue weighted by molar-refractivity contribution is -0.137. The molecule has 0 aliphatic heterocycles. The maximum Gasteiger partial charge on any atom is 0.416 e. The second-order valence-electron chi connectivity index (χ2n) is 7.87. The Balaban J connectivity index is 1.60. The number of nitrogens with zero attached hydrogens (tertiary/aromatic N) is 1. The first kappa shape index (κ1) is 22.8. The van der Waals surface area contributed by atoms with Crippen LogP contribution >= 0.6 is 0 Å². The van der Waals surface area contributed by atoms with Crippen molar-refractivity contribution in [1.82, 2.24) is 4.90 Å². The number of likely N-dealkylation sites (N-methyl/N-ethyl adjacent to an activating group) is 1. The lowest BCUT2D eigenvalue weighted by Gasteiger charge is -2.30. The van der Waals surface area contributed by atoms with Gasteiger partial charge in [-0.1, -0.05) is 31.4 Å². The molecular formula is C23H26F3N3O2. The number of alkyl halides is 3. The Labute approximate surface area is 179 Å². The topological polar surface area (TPSA) is 61.4 Å². The summed E-state index contributed by atoms with van der Waals surface area (Å²) in [6.45, 7) is 0.255.